The average molecular weight is 287 g/mol. The molecule has 1 N–H and O–H groups in total. The quantitative estimate of drug-likeness (QED) is 0.730. The zero-order valence-corrected chi connectivity index (χ0v) is 14.5. The molecule has 2 heteroatoms. The fourth-order valence-corrected chi connectivity index (χ4v) is 2.31. The Balaban J connectivity index is 3.40. The molecular weight excluding hydrogens is 258 g/mol. The van der Waals surface area contributed by atoms with Crippen molar-refractivity contribution in [1.29, 1.82) is 0 Å². The smallest absolute Gasteiger partial charge is 0.126 e. The predicted molar refractivity (Wildman–Crippen MR) is 92.3 cm³/mol. The zero-order valence-electron chi connectivity index (χ0n) is 14.5. The summed E-state index contributed by atoms with van der Waals surface area (Å²) in [5.74, 6) is 4.62. The lowest BCUT2D eigenvalue weighted by atomic mass is 9.92. The van der Waals surface area contributed by atoms with Gasteiger partial charge in [-0.2, -0.15) is 0 Å². The Morgan fingerprint density at radius 1 is 1.14 bits per heavy atom. The van der Waals surface area contributed by atoms with Gasteiger partial charge >= 0.3 is 0 Å². The SMILES string of the molecule is C#CC(C)(C)Nc1cc(C(C)C)c(OCC)c(C(C)C)c1. The van der Waals surface area contributed by atoms with E-state index in [9.17, 15) is 0 Å². The predicted octanol–water partition coefficient (Wildman–Crippen LogP) is 5.16. The Morgan fingerprint density at radius 3 is 1.95 bits per heavy atom. The summed E-state index contributed by atoms with van der Waals surface area (Å²) in [5.41, 5.74) is 3.17. The van der Waals surface area contributed by atoms with Crippen LogP contribution in [0.5, 0.6) is 5.75 Å². The standard InChI is InChI=1S/C19H29NO/c1-9-19(7,8)20-15-11-16(13(3)4)18(21-10-2)17(12-15)14(5)6/h1,11-14,20H,10H2,2-8H3. The third-order valence-electron chi connectivity index (χ3n) is 3.50. The van der Waals surface area contributed by atoms with E-state index in [1.807, 2.05) is 20.8 Å². The van der Waals surface area contributed by atoms with Crippen molar-refractivity contribution >= 4 is 5.69 Å². The summed E-state index contributed by atoms with van der Waals surface area (Å²) in [6.45, 7) is 15.5. The van der Waals surface area contributed by atoms with E-state index in [-0.39, 0.29) is 5.54 Å². The summed E-state index contributed by atoms with van der Waals surface area (Å²) in [4.78, 5) is 0. The second kappa shape index (κ2) is 6.89. The number of nitrogens with one attached hydrogen (secondary N) is 1. The van der Waals surface area contributed by atoms with E-state index in [2.05, 4.69) is 51.1 Å². The molecule has 1 aromatic rings. The molecule has 0 aliphatic rings. The molecule has 0 fully saturated rings. The van der Waals surface area contributed by atoms with Gasteiger partial charge in [-0.25, -0.2) is 0 Å². The Morgan fingerprint density at radius 2 is 1.62 bits per heavy atom. The molecule has 0 spiro atoms. The van der Waals surface area contributed by atoms with Crippen LogP contribution in [0.2, 0.25) is 0 Å². The van der Waals surface area contributed by atoms with E-state index in [1.54, 1.807) is 0 Å². The van der Waals surface area contributed by atoms with Gasteiger partial charge in [-0.15, -0.1) is 6.42 Å². The van der Waals surface area contributed by atoms with Crippen molar-refractivity contribution in [3.8, 4) is 18.1 Å². The Bertz CT molecular complexity index is 492. The van der Waals surface area contributed by atoms with Gasteiger partial charge in [0.1, 0.15) is 5.75 Å². The fourth-order valence-electron chi connectivity index (χ4n) is 2.31. The van der Waals surface area contributed by atoms with E-state index < -0.39 is 0 Å². The highest BCUT2D eigenvalue weighted by Gasteiger charge is 2.20. The zero-order chi connectivity index (χ0) is 16.2. The number of terminal acetylenes is 1. The van der Waals surface area contributed by atoms with Gasteiger partial charge in [-0.05, 0) is 55.9 Å². The third-order valence-corrected chi connectivity index (χ3v) is 3.50. The molecule has 0 saturated carbocycles. The van der Waals surface area contributed by atoms with E-state index >= 15 is 0 Å². The molecule has 21 heavy (non-hydrogen) atoms. The van der Waals surface area contributed by atoms with Gasteiger partial charge < -0.3 is 10.1 Å². The Labute approximate surface area is 130 Å². The number of hydrogen-bond acceptors (Lipinski definition) is 2. The molecule has 0 radical (unpaired) electrons. The largest absolute Gasteiger partial charge is 0.493 e. The molecule has 0 aromatic heterocycles. The molecule has 2 nitrogen and oxygen atoms in total. The van der Waals surface area contributed by atoms with Crippen LogP contribution in [0.4, 0.5) is 5.69 Å². The van der Waals surface area contributed by atoms with Crippen LogP contribution in [0.3, 0.4) is 0 Å². The van der Waals surface area contributed by atoms with Crippen LogP contribution in [0.15, 0.2) is 12.1 Å². The molecule has 1 aromatic carbocycles. The lowest BCUT2D eigenvalue weighted by Gasteiger charge is -2.26. The second-order valence-electron chi connectivity index (χ2n) is 6.62. The highest BCUT2D eigenvalue weighted by molar-refractivity contribution is 5.59. The first-order valence-corrected chi connectivity index (χ1v) is 7.78. The van der Waals surface area contributed by atoms with Gasteiger partial charge in [0.2, 0.25) is 0 Å². The number of benzene rings is 1. The minimum absolute atomic E-state index is 0.365. The van der Waals surface area contributed by atoms with Crippen LogP contribution < -0.4 is 10.1 Å². The maximum Gasteiger partial charge on any atom is 0.126 e. The van der Waals surface area contributed by atoms with Crippen LogP contribution in [0.25, 0.3) is 0 Å². The summed E-state index contributed by atoms with van der Waals surface area (Å²) in [6.07, 6.45) is 5.59. The summed E-state index contributed by atoms with van der Waals surface area (Å²) in [5, 5.41) is 3.44. The summed E-state index contributed by atoms with van der Waals surface area (Å²) in [7, 11) is 0. The number of rotatable bonds is 6. The first kappa shape index (κ1) is 17.4. The van der Waals surface area contributed by atoms with Crippen molar-refractivity contribution in [3.63, 3.8) is 0 Å². The van der Waals surface area contributed by atoms with Crippen LogP contribution >= 0.6 is 0 Å². The van der Waals surface area contributed by atoms with Gasteiger partial charge in [-0.3, -0.25) is 0 Å². The van der Waals surface area contributed by atoms with Crippen molar-refractivity contribution in [1.82, 2.24) is 0 Å². The Kier molecular flexibility index (Phi) is 5.72. The molecular formula is C19H29NO. The van der Waals surface area contributed by atoms with Crippen LogP contribution in [-0.2, 0) is 0 Å². The van der Waals surface area contributed by atoms with Crippen molar-refractivity contribution < 1.29 is 4.74 Å². The summed E-state index contributed by atoms with van der Waals surface area (Å²) < 4.78 is 5.93. The van der Waals surface area contributed by atoms with Gasteiger partial charge in [0.25, 0.3) is 0 Å². The van der Waals surface area contributed by atoms with Crippen molar-refractivity contribution in [2.45, 2.75) is 65.8 Å². The van der Waals surface area contributed by atoms with Crippen LogP contribution in [0, 0.1) is 12.3 Å². The Hall–Kier alpha value is -1.62. The maximum absolute atomic E-state index is 5.93. The average Bonchev–Trinajstić information content (AvgIpc) is 2.39. The van der Waals surface area contributed by atoms with Gasteiger partial charge in [0, 0.05) is 5.69 Å². The molecule has 0 aliphatic heterocycles. The fraction of sp³-hybridized carbons (Fsp3) is 0.579. The lowest BCUT2D eigenvalue weighted by molar-refractivity contribution is 0.330. The molecule has 1 rings (SSSR count). The van der Waals surface area contributed by atoms with E-state index in [0.717, 1.165) is 11.4 Å². The van der Waals surface area contributed by atoms with E-state index in [1.165, 1.54) is 11.1 Å². The molecule has 116 valence electrons. The number of hydrogen-bond donors (Lipinski definition) is 1. The second-order valence-corrected chi connectivity index (χ2v) is 6.62. The maximum atomic E-state index is 5.93. The van der Waals surface area contributed by atoms with Crippen molar-refractivity contribution in [2.24, 2.45) is 0 Å². The third kappa shape index (κ3) is 4.43. The summed E-state index contributed by atoms with van der Waals surface area (Å²) in [6, 6.07) is 4.33. The summed E-state index contributed by atoms with van der Waals surface area (Å²) >= 11 is 0. The van der Waals surface area contributed by atoms with Crippen molar-refractivity contribution in [2.75, 3.05) is 11.9 Å². The normalized spacial score (nSPS) is 11.6. The molecule has 0 bridgehead atoms. The van der Waals surface area contributed by atoms with Gasteiger partial charge in [-0.1, -0.05) is 33.6 Å². The number of anilines is 1. The molecule has 0 unspecified atom stereocenters. The van der Waals surface area contributed by atoms with E-state index in [0.29, 0.717) is 18.4 Å². The minimum Gasteiger partial charge on any atom is -0.493 e. The van der Waals surface area contributed by atoms with Crippen molar-refractivity contribution in [3.05, 3.63) is 23.3 Å². The van der Waals surface area contributed by atoms with Crippen LogP contribution in [-0.4, -0.2) is 12.1 Å². The molecule has 0 amide bonds. The molecule has 0 atom stereocenters. The minimum atomic E-state index is -0.365. The lowest BCUT2D eigenvalue weighted by Crippen LogP contribution is -2.28. The van der Waals surface area contributed by atoms with E-state index in [4.69, 9.17) is 11.2 Å². The molecule has 0 aliphatic carbocycles. The number of ether oxygens (including phenoxy) is 1. The first-order chi connectivity index (χ1) is 9.71. The van der Waals surface area contributed by atoms with Crippen LogP contribution in [0.1, 0.15) is 71.4 Å². The highest BCUT2D eigenvalue weighted by atomic mass is 16.5. The monoisotopic (exact) mass is 287 g/mol. The topological polar surface area (TPSA) is 21.3 Å². The molecule has 0 saturated heterocycles. The van der Waals surface area contributed by atoms with Gasteiger partial charge in [0.15, 0.2) is 0 Å². The highest BCUT2D eigenvalue weighted by Crippen LogP contribution is 2.38. The van der Waals surface area contributed by atoms with Gasteiger partial charge in [0.05, 0.1) is 12.1 Å². The first-order valence-electron chi connectivity index (χ1n) is 7.78. The molecule has 0 heterocycles.